The standard InChI is InChI=1S/C16H24N4O4/c1-16(2,3)24-15(21)12-19-8-6-18(7-9-19)11-13-10-14(20(22)23)4-5-17-13/h4-5,10H,6-9,11-12H2,1-3H3. The summed E-state index contributed by atoms with van der Waals surface area (Å²) in [6, 6.07) is 2.90. The summed E-state index contributed by atoms with van der Waals surface area (Å²) >= 11 is 0. The number of carbonyl (C=O) groups is 1. The van der Waals surface area contributed by atoms with Gasteiger partial charge in [0.05, 0.1) is 17.2 Å². The van der Waals surface area contributed by atoms with Gasteiger partial charge in [-0.2, -0.15) is 0 Å². The van der Waals surface area contributed by atoms with Gasteiger partial charge in [0.25, 0.3) is 5.69 Å². The topological polar surface area (TPSA) is 88.8 Å². The van der Waals surface area contributed by atoms with E-state index < -0.39 is 10.5 Å². The summed E-state index contributed by atoms with van der Waals surface area (Å²) in [5, 5.41) is 10.8. The molecule has 1 aromatic heterocycles. The third-order valence-corrected chi connectivity index (χ3v) is 3.63. The van der Waals surface area contributed by atoms with Crippen LogP contribution >= 0.6 is 0 Å². The molecule has 0 bridgehead atoms. The molecule has 1 aliphatic heterocycles. The second-order valence-corrected chi connectivity index (χ2v) is 6.90. The molecule has 2 rings (SSSR count). The van der Waals surface area contributed by atoms with Gasteiger partial charge in [0, 0.05) is 51.1 Å². The van der Waals surface area contributed by atoms with E-state index in [1.54, 1.807) is 0 Å². The highest BCUT2D eigenvalue weighted by Crippen LogP contribution is 2.14. The van der Waals surface area contributed by atoms with Crippen LogP contribution in [0.4, 0.5) is 5.69 Å². The molecule has 1 aromatic rings. The Morgan fingerprint density at radius 3 is 2.50 bits per heavy atom. The quantitative estimate of drug-likeness (QED) is 0.457. The number of nitro groups is 1. The van der Waals surface area contributed by atoms with E-state index in [0.29, 0.717) is 18.8 Å². The number of pyridine rings is 1. The molecule has 0 spiro atoms. The first kappa shape index (κ1) is 18.3. The van der Waals surface area contributed by atoms with Gasteiger partial charge in [-0.05, 0) is 20.8 Å². The van der Waals surface area contributed by atoms with Crippen molar-refractivity contribution in [3.63, 3.8) is 0 Å². The summed E-state index contributed by atoms with van der Waals surface area (Å²) in [6.45, 7) is 9.52. The van der Waals surface area contributed by atoms with E-state index in [9.17, 15) is 14.9 Å². The summed E-state index contributed by atoms with van der Waals surface area (Å²) in [7, 11) is 0. The van der Waals surface area contributed by atoms with Crippen LogP contribution in [0.1, 0.15) is 26.5 Å². The third-order valence-electron chi connectivity index (χ3n) is 3.63. The molecule has 1 fully saturated rings. The number of carbonyl (C=O) groups excluding carboxylic acids is 1. The van der Waals surface area contributed by atoms with Gasteiger partial charge in [-0.25, -0.2) is 0 Å². The Hall–Kier alpha value is -2.06. The van der Waals surface area contributed by atoms with Crippen LogP contribution in [-0.4, -0.2) is 64.0 Å². The zero-order valence-electron chi connectivity index (χ0n) is 14.4. The van der Waals surface area contributed by atoms with Crippen molar-refractivity contribution >= 4 is 11.7 Å². The second-order valence-electron chi connectivity index (χ2n) is 6.90. The summed E-state index contributed by atoms with van der Waals surface area (Å²) < 4.78 is 5.33. The third kappa shape index (κ3) is 5.86. The molecule has 8 heteroatoms. The number of piperazine rings is 1. The molecule has 0 aromatic carbocycles. The summed E-state index contributed by atoms with van der Waals surface area (Å²) in [5.74, 6) is -0.212. The highest BCUT2D eigenvalue weighted by molar-refractivity contribution is 5.72. The predicted molar refractivity (Wildman–Crippen MR) is 88.5 cm³/mol. The lowest BCUT2D eigenvalue weighted by atomic mass is 10.2. The largest absolute Gasteiger partial charge is 0.459 e. The first-order valence-electron chi connectivity index (χ1n) is 7.99. The SMILES string of the molecule is CC(C)(C)OC(=O)CN1CCN(Cc2cc([N+](=O)[O-])ccn2)CC1. The minimum Gasteiger partial charge on any atom is -0.459 e. The Labute approximate surface area is 141 Å². The number of hydrogen-bond acceptors (Lipinski definition) is 7. The van der Waals surface area contributed by atoms with Crippen molar-refractivity contribution in [2.24, 2.45) is 0 Å². The lowest BCUT2D eigenvalue weighted by molar-refractivity contribution is -0.385. The molecule has 0 radical (unpaired) electrons. The summed E-state index contributed by atoms with van der Waals surface area (Å²) in [4.78, 5) is 30.7. The summed E-state index contributed by atoms with van der Waals surface area (Å²) in [5.41, 5.74) is 0.278. The summed E-state index contributed by atoms with van der Waals surface area (Å²) in [6.07, 6.45) is 1.46. The Morgan fingerprint density at radius 1 is 1.29 bits per heavy atom. The molecule has 0 atom stereocenters. The van der Waals surface area contributed by atoms with Crippen molar-refractivity contribution in [2.75, 3.05) is 32.7 Å². The van der Waals surface area contributed by atoms with Gasteiger partial charge >= 0.3 is 5.97 Å². The van der Waals surface area contributed by atoms with E-state index in [-0.39, 0.29) is 11.7 Å². The van der Waals surface area contributed by atoms with Gasteiger partial charge in [0.15, 0.2) is 0 Å². The van der Waals surface area contributed by atoms with Crippen molar-refractivity contribution in [3.8, 4) is 0 Å². The van der Waals surface area contributed by atoms with Crippen LogP contribution < -0.4 is 0 Å². The fourth-order valence-corrected chi connectivity index (χ4v) is 2.56. The van der Waals surface area contributed by atoms with E-state index in [4.69, 9.17) is 4.74 Å². The minimum absolute atomic E-state index is 0.0589. The number of ether oxygens (including phenoxy) is 1. The maximum Gasteiger partial charge on any atom is 0.320 e. The monoisotopic (exact) mass is 336 g/mol. The Balaban J connectivity index is 1.80. The van der Waals surface area contributed by atoms with Gasteiger partial charge in [0.2, 0.25) is 0 Å². The van der Waals surface area contributed by atoms with E-state index in [1.807, 2.05) is 20.8 Å². The molecule has 0 amide bonds. The average molecular weight is 336 g/mol. The van der Waals surface area contributed by atoms with Crippen LogP contribution in [0.2, 0.25) is 0 Å². The van der Waals surface area contributed by atoms with Crippen LogP contribution in [0.5, 0.6) is 0 Å². The molecule has 0 unspecified atom stereocenters. The number of rotatable bonds is 5. The van der Waals surface area contributed by atoms with Gasteiger partial charge < -0.3 is 4.74 Å². The van der Waals surface area contributed by atoms with Crippen LogP contribution in [0.15, 0.2) is 18.3 Å². The maximum atomic E-state index is 11.8. The number of aromatic nitrogens is 1. The molecule has 0 aliphatic carbocycles. The van der Waals surface area contributed by atoms with Crippen molar-refractivity contribution in [3.05, 3.63) is 34.1 Å². The van der Waals surface area contributed by atoms with Crippen LogP contribution in [0.25, 0.3) is 0 Å². The molecule has 1 saturated heterocycles. The molecular weight excluding hydrogens is 312 g/mol. The Bertz CT molecular complexity index is 592. The lowest BCUT2D eigenvalue weighted by Crippen LogP contribution is -2.48. The smallest absolute Gasteiger partial charge is 0.320 e. The van der Waals surface area contributed by atoms with Crippen molar-refractivity contribution in [2.45, 2.75) is 32.9 Å². The van der Waals surface area contributed by atoms with E-state index >= 15 is 0 Å². The number of hydrogen-bond donors (Lipinski definition) is 0. The molecule has 132 valence electrons. The first-order chi connectivity index (χ1) is 11.2. The number of esters is 1. The van der Waals surface area contributed by atoms with Gasteiger partial charge in [0.1, 0.15) is 5.60 Å². The molecule has 0 saturated carbocycles. The molecular formula is C16H24N4O4. The molecule has 0 N–H and O–H groups in total. The molecule has 2 heterocycles. The first-order valence-corrected chi connectivity index (χ1v) is 7.99. The van der Waals surface area contributed by atoms with Crippen molar-refractivity contribution in [1.29, 1.82) is 0 Å². The van der Waals surface area contributed by atoms with Crippen LogP contribution in [0, 0.1) is 10.1 Å². The zero-order valence-corrected chi connectivity index (χ0v) is 14.4. The van der Waals surface area contributed by atoms with Crippen molar-refractivity contribution in [1.82, 2.24) is 14.8 Å². The average Bonchev–Trinajstić information content (AvgIpc) is 2.47. The Kier molecular flexibility index (Phi) is 5.84. The molecule has 24 heavy (non-hydrogen) atoms. The highest BCUT2D eigenvalue weighted by Gasteiger charge is 2.23. The Morgan fingerprint density at radius 2 is 1.92 bits per heavy atom. The zero-order chi connectivity index (χ0) is 17.7. The van der Waals surface area contributed by atoms with E-state index in [2.05, 4.69) is 14.8 Å². The van der Waals surface area contributed by atoms with Gasteiger partial charge in [-0.15, -0.1) is 0 Å². The fourth-order valence-electron chi connectivity index (χ4n) is 2.56. The minimum atomic E-state index is -0.466. The van der Waals surface area contributed by atoms with Gasteiger partial charge in [-0.3, -0.25) is 29.7 Å². The van der Waals surface area contributed by atoms with E-state index in [0.717, 1.165) is 26.2 Å². The second kappa shape index (κ2) is 7.67. The normalized spacial score (nSPS) is 16.8. The lowest BCUT2D eigenvalue weighted by Gasteiger charge is -2.34. The van der Waals surface area contributed by atoms with Crippen LogP contribution in [-0.2, 0) is 16.1 Å². The number of nitrogens with zero attached hydrogens (tertiary/aromatic N) is 4. The molecule has 1 aliphatic rings. The predicted octanol–water partition coefficient (Wildman–Crippen LogP) is 1.45. The van der Waals surface area contributed by atoms with Crippen molar-refractivity contribution < 1.29 is 14.5 Å². The maximum absolute atomic E-state index is 11.8. The fraction of sp³-hybridized carbons (Fsp3) is 0.625. The van der Waals surface area contributed by atoms with Gasteiger partial charge in [-0.1, -0.05) is 0 Å². The van der Waals surface area contributed by atoms with E-state index in [1.165, 1.54) is 18.3 Å². The van der Waals surface area contributed by atoms with Crippen LogP contribution in [0.3, 0.4) is 0 Å². The highest BCUT2D eigenvalue weighted by atomic mass is 16.6. The molecule has 8 nitrogen and oxygen atoms in total.